The minimum atomic E-state index is -0.768. The summed E-state index contributed by atoms with van der Waals surface area (Å²) in [6.07, 6.45) is 1.33. The smallest absolute Gasteiger partial charge is 0.410 e. The first-order valence-electron chi connectivity index (χ1n) is 6.82. The minimum Gasteiger partial charge on any atom is -0.481 e. The Kier molecular flexibility index (Phi) is 4.98. The van der Waals surface area contributed by atoms with Gasteiger partial charge in [0, 0.05) is 19.5 Å². The molecule has 1 aromatic rings. The number of benzene rings is 1. The lowest BCUT2D eigenvalue weighted by Gasteiger charge is -2.30. The molecule has 0 aliphatic carbocycles. The summed E-state index contributed by atoms with van der Waals surface area (Å²) in [5, 5.41) is 8.75. The zero-order chi connectivity index (χ0) is 14.4. The van der Waals surface area contributed by atoms with Gasteiger partial charge in [0.15, 0.2) is 0 Å². The molecule has 1 amide bonds. The highest BCUT2D eigenvalue weighted by Crippen LogP contribution is 2.21. The number of rotatable bonds is 4. The number of piperidine rings is 1. The second-order valence-corrected chi connectivity index (χ2v) is 5.07. The molecule has 5 nitrogen and oxygen atoms in total. The van der Waals surface area contributed by atoms with Crippen molar-refractivity contribution in [3.05, 3.63) is 35.9 Å². The standard InChI is InChI=1S/C15H19NO4/c17-14(18)10-12-6-8-16(9-7-12)15(19)20-11-13-4-2-1-3-5-13/h1-5,12H,6-11H2,(H,17,18). The van der Waals surface area contributed by atoms with Crippen molar-refractivity contribution in [2.45, 2.75) is 25.9 Å². The van der Waals surface area contributed by atoms with Crippen LogP contribution in [0.1, 0.15) is 24.8 Å². The van der Waals surface area contributed by atoms with Crippen molar-refractivity contribution in [2.24, 2.45) is 5.92 Å². The number of nitrogens with zero attached hydrogens (tertiary/aromatic N) is 1. The molecule has 1 aromatic carbocycles. The Morgan fingerprint density at radius 1 is 1.20 bits per heavy atom. The lowest BCUT2D eigenvalue weighted by atomic mass is 9.94. The summed E-state index contributed by atoms with van der Waals surface area (Å²) in [5.74, 6) is -0.597. The Balaban J connectivity index is 1.73. The first kappa shape index (κ1) is 14.4. The van der Waals surface area contributed by atoms with Crippen LogP contribution in [0.5, 0.6) is 0 Å². The number of ether oxygens (including phenoxy) is 1. The lowest BCUT2D eigenvalue weighted by Crippen LogP contribution is -2.39. The third-order valence-corrected chi connectivity index (χ3v) is 3.54. The van der Waals surface area contributed by atoms with Gasteiger partial charge >= 0.3 is 12.1 Å². The van der Waals surface area contributed by atoms with Gasteiger partial charge in [0.1, 0.15) is 6.61 Å². The van der Waals surface area contributed by atoms with Crippen molar-refractivity contribution in [1.29, 1.82) is 0 Å². The van der Waals surface area contributed by atoms with E-state index in [9.17, 15) is 9.59 Å². The van der Waals surface area contributed by atoms with Gasteiger partial charge in [-0.3, -0.25) is 4.79 Å². The van der Waals surface area contributed by atoms with Gasteiger partial charge in [0.25, 0.3) is 0 Å². The monoisotopic (exact) mass is 277 g/mol. The van der Waals surface area contributed by atoms with E-state index in [0.29, 0.717) is 13.1 Å². The third kappa shape index (κ3) is 4.26. The summed E-state index contributed by atoms with van der Waals surface area (Å²) < 4.78 is 5.25. The molecule has 0 aromatic heterocycles. The molecule has 1 N–H and O–H groups in total. The average Bonchev–Trinajstić information content (AvgIpc) is 2.46. The predicted molar refractivity (Wildman–Crippen MR) is 73.2 cm³/mol. The van der Waals surface area contributed by atoms with Crippen LogP contribution in [-0.2, 0) is 16.1 Å². The lowest BCUT2D eigenvalue weighted by molar-refractivity contribution is -0.138. The number of carbonyl (C=O) groups is 2. The third-order valence-electron chi connectivity index (χ3n) is 3.54. The zero-order valence-electron chi connectivity index (χ0n) is 11.3. The summed E-state index contributed by atoms with van der Waals surface area (Å²) in [5.41, 5.74) is 0.960. The number of hydrogen-bond acceptors (Lipinski definition) is 3. The summed E-state index contributed by atoms with van der Waals surface area (Å²) in [4.78, 5) is 24.2. The van der Waals surface area contributed by atoms with Crippen molar-refractivity contribution in [3.63, 3.8) is 0 Å². The highest BCUT2D eigenvalue weighted by molar-refractivity contribution is 5.68. The molecule has 0 saturated carbocycles. The molecule has 1 aliphatic rings. The molecule has 2 rings (SSSR count). The Bertz CT molecular complexity index is 452. The number of amides is 1. The van der Waals surface area contributed by atoms with Crippen LogP contribution in [-0.4, -0.2) is 35.2 Å². The highest BCUT2D eigenvalue weighted by Gasteiger charge is 2.25. The van der Waals surface area contributed by atoms with Gasteiger partial charge in [-0.2, -0.15) is 0 Å². The maximum absolute atomic E-state index is 11.9. The van der Waals surface area contributed by atoms with E-state index in [1.807, 2.05) is 30.3 Å². The molecule has 0 bridgehead atoms. The van der Waals surface area contributed by atoms with E-state index in [4.69, 9.17) is 9.84 Å². The molecule has 1 aliphatic heterocycles. The molecule has 1 saturated heterocycles. The number of aliphatic carboxylic acids is 1. The van der Waals surface area contributed by atoms with Crippen molar-refractivity contribution in [2.75, 3.05) is 13.1 Å². The first-order chi connectivity index (χ1) is 9.65. The zero-order valence-corrected chi connectivity index (χ0v) is 11.3. The Labute approximate surface area is 118 Å². The van der Waals surface area contributed by atoms with Crippen molar-refractivity contribution in [1.82, 2.24) is 4.90 Å². The van der Waals surface area contributed by atoms with Crippen molar-refractivity contribution < 1.29 is 19.4 Å². The van der Waals surface area contributed by atoms with E-state index in [-0.39, 0.29) is 25.0 Å². The van der Waals surface area contributed by atoms with Crippen LogP contribution in [0.2, 0.25) is 0 Å². The maximum Gasteiger partial charge on any atom is 0.410 e. The molecule has 0 spiro atoms. The molecule has 0 unspecified atom stereocenters. The Morgan fingerprint density at radius 3 is 2.45 bits per heavy atom. The van der Waals surface area contributed by atoms with Gasteiger partial charge in [-0.15, -0.1) is 0 Å². The molecule has 0 atom stereocenters. The number of carbonyl (C=O) groups excluding carboxylic acids is 1. The van der Waals surface area contributed by atoms with Crippen LogP contribution < -0.4 is 0 Å². The first-order valence-corrected chi connectivity index (χ1v) is 6.82. The largest absolute Gasteiger partial charge is 0.481 e. The van der Waals surface area contributed by atoms with Crippen molar-refractivity contribution >= 4 is 12.1 Å². The van der Waals surface area contributed by atoms with E-state index < -0.39 is 5.97 Å². The fourth-order valence-corrected chi connectivity index (χ4v) is 2.38. The molecular formula is C15H19NO4. The highest BCUT2D eigenvalue weighted by atomic mass is 16.6. The van der Waals surface area contributed by atoms with Crippen LogP contribution in [0, 0.1) is 5.92 Å². The van der Waals surface area contributed by atoms with Gasteiger partial charge in [-0.1, -0.05) is 30.3 Å². The second kappa shape index (κ2) is 6.93. The molecule has 1 fully saturated rings. The van der Waals surface area contributed by atoms with E-state index in [1.165, 1.54) is 0 Å². The normalized spacial score (nSPS) is 15.9. The van der Waals surface area contributed by atoms with Crippen LogP contribution in [0.3, 0.4) is 0 Å². The molecule has 20 heavy (non-hydrogen) atoms. The summed E-state index contributed by atoms with van der Waals surface area (Å²) in [6, 6.07) is 9.54. The fourth-order valence-electron chi connectivity index (χ4n) is 2.38. The second-order valence-electron chi connectivity index (χ2n) is 5.07. The van der Waals surface area contributed by atoms with Gasteiger partial charge in [0.05, 0.1) is 0 Å². The van der Waals surface area contributed by atoms with Crippen LogP contribution in [0.4, 0.5) is 4.79 Å². The molecule has 108 valence electrons. The number of likely N-dealkylation sites (tertiary alicyclic amines) is 1. The van der Waals surface area contributed by atoms with E-state index in [1.54, 1.807) is 4.90 Å². The summed E-state index contributed by atoms with van der Waals surface area (Å²) in [6.45, 7) is 1.42. The topological polar surface area (TPSA) is 66.8 Å². The van der Waals surface area contributed by atoms with Gasteiger partial charge in [-0.25, -0.2) is 4.79 Å². The van der Waals surface area contributed by atoms with Gasteiger partial charge in [0.2, 0.25) is 0 Å². The number of hydrogen-bond donors (Lipinski definition) is 1. The molecule has 0 radical (unpaired) electrons. The summed E-state index contributed by atoms with van der Waals surface area (Å²) >= 11 is 0. The van der Waals surface area contributed by atoms with Gasteiger partial charge in [-0.05, 0) is 24.3 Å². The quantitative estimate of drug-likeness (QED) is 0.918. The fraction of sp³-hybridized carbons (Fsp3) is 0.467. The van der Waals surface area contributed by atoms with E-state index >= 15 is 0 Å². The number of carboxylic acids is 1. The van der Waals surface area contributed by atoms with Crippen LogP contribution in [0.25, 0.3) is 0 Å². The number of carboxylic acid groups (broad SMARTS) is 1. The van der Waals surface area contributed by atoms with Crippen LogP contribution >= 0.6 is 0 Å². The predicted octanol–water partition coefficient (Wildman–Crippen LogP) is 2.51. The maximum atomic E-state index is 11.9. The summed E-state index contributed by atoms with van der Waals surface area (Å²) in [7, 11) is 0. The minimum absolute atomic E-state index is 0.172. The SMILES string of the molecule is O=C(O)CC1CCN(C(=O)OCc2ccccc2)CC1. The Hall–Kier alpha value is -2.04. The Morgan fingerprint density at radius 2 is 1.85 bits per heavy atom. The molecule has 1 heterocycles. The molecule has 5 heteroatoms. The van der Waals surface area contributed by atoms with Crippen LogP contribution in [0.15, 0.2) is 30.3 Å². The van der Waals surface area contributed by atoms with E-state index in [0.717, 1.165) is 18.4 Å². The van der Waals surface area contributed by atoms with Gasteiger partial charge < -0.3 is 14.7 Å². The van der Waals surface area contributed by atoms with Crippen molar-refractivity contribution in [3.8, 4) is 0 Å². The average molecular weight is 277 g/mol. The molecular weight excluding hydrogens is 258 g/mol. The van der Waals surface area contributed by atoms with E-state index in [2.05, 4.69) is 0 Å².